The first-order valence-electron chi connectivity index (χ1n) is 8.95. The van der Waals surface area contributed by atoms with E-state index >= 15 is 0 Å². The Hall–Kier alpha value is -2.97. The number of carbonyl (C=O) groups excluding carboxylic acids is 1. The highest BCUT2D eigenvalue weighted by Crippen LogP contribution is 2.22. The van der Waals surface area contributed by atoms with Gasteiger partial charge in [-0.3, -0.25) is 9.69 Å². The van der Waals surface area contributed by atoms with Gasteiger partial charge in [-0.25, -0.2) is 10.3 Å². The van der Waals surface area contributed by atoms with Crippen molar-refractivity contribution in [2.75, 3.05) is 42.9 Å². The van der Waals surface area contributed by atoms with Crippen LogP contribution in [-0.4, -0.2) is 64.7 Å². The molecule has 28 heavy (non-hydrogen) atoms. The van der Waals surface area contributed by atoms with Crippen LogP contribution >= 0.6 is 11.3 Å². The van der Waals surface area contributed by atoms with Crippen molar-refractivity contribution in [3.8, 4) is 6.07 Å². The molecule has 11 heteroatoms. The molecule has 3 N–H and O–H groups in total. The van der Waals surface area contributed by atoms with Gasteiger partial charge in [-0.1, -0.05) is 21.1 Å². The fourth-order valence-corrected chi connectivity index (χ4v) is 3.49. The molecule has 1 aliphatic heterocycles. The highest BCUT2D eigenvalue weighted by atomic mass is 32.1. The number of carbonyl (C=O) groups is 1. The Morgan fingerprint density at radius 2 is 2.14 bits per heavy atom. The summed E-state index contributed by atoms with van der Waals surface area (Å²) in [6.07, 6.45) is 2.80. The lowest BCUT2D eigenvalue weighted by Crippen LogP contribution is -2.50. The smallest absolute Gasteiger partial charge is 0.271 e. The van der Waals surface area contributed by atoms with Gasteiger partial charge in [0.05, 0.1) is 18.8 Å². The van der Waals surface area contributed by atoms with E-state index in [0.29, 0.717) is 22.4 Å². The van der Waals surface area contributed by atoms with Crippen molar-refractivity contribution in [1.82, 2.24) is 20.2 Å². The van der Waals surface area contributed by atoms with Gasteiger partial charge >= 0.3 is 0 Å². The molecule has 0 atom stereocenters. The summed E-state index contributed by atoms with van der Waals surface area (Å²) in [4.78, 5) is 25.0. The number of anilines is 3. The Labute approximate surface area is 167 Å². The summed E-state index contributed by atoms with van der Waals surface area (Å²) < 4.78 is 0.878. The van der Waals surface area contributed by atoms with E-state index in [4.69, 9.17) is 5.26 Å². The van der Waals surface area contributed by atoms with Crippen LogP contribution in [0, 0.1) is 11.3 Å². The summed E-state index contributed by atoms with van der Waals surface area (Å²) in [5.41, 5.74) is 0. The van der Waals surface area contributed by atoms with Crippen molar-refractivity contribution in [1.29, 1.82) is 5.26 Å². The molecule has 148 valence electrons. The SMILES string of the molecule is CC(C)NC(=O)CN1CCN(c2cc(Nc3ncc(C#N)s3)[n+](O)cn2)CC1. The van der Waals surface area contributed by atoms with Gasteiger partial charge in [0.15, 0.2) is 0 Å². The number of hydrogen-bond acceptors (Lipinski definition) is 9. The van der Waals surface area contributed by atoms with E-state index < -0.39 is 0 Å². The summed E-state index contributed by atoms with van der Waals surface area (Å²) in [6, 6.07) is 3.90. The molecule has 1 aliphatic rings. The van der Waals surface area contributed by atoms with Gasteiger partial charge in [-0.2, -0.15) is 5.26 Å². The lowest BCUT2D eigenvalue weighted by Gasteiger charge is -2.34. The molecule has 1 amide bonds. The zero-order valence-electron chi connectivity index (χ0n) is 15.8. The third-order valence-electron chi connectivity index (χ3n) is 4.18. The number of thiazole rings is 1. The van der Waals surface area contributed by atoms with Gasteiger partial charge in [0, 0.05) is 32.2 Å². The molecule has 3 rings (SSSR count). The van der Waals surface area contributed by atoms with Crippen LogP contribution in [-0.2, 0) is 4.79 Å². The Balaban J connectivity index is 1.60. The standard InChI is InChI=1S/C17H22N8O2S/c1-12(2)21-16(26)10-23-3-5-24(6-4-23)14-7-15(25(27)11-20-14)22-17-19-9-13(8-18)28-17/h7,9,11-12,27H,3-6,10H2,1-2H3,(H,21,26)/p+1. The van der Waals surface area contributed by atoms with E-state index in [9.17, 15) is 10.0 Å². The number of aromatic nitrogens is 3. The van der Waals surface area contributed by atoms with E-state index in [2.05, 4.69) is 30.4 Å². The minimum Gasteiger partial charge on any atom is -0.371 e. The third-order valence-corrected chi connectivity index (χ3v) is 4.99. The first-order chi connectivity index (χ1) is 13.4. The molecule has 3 heterocycles. The van der Waals surface area contributed by atoms with Crippen molar-refractivity contribution in [2.24, 2.45) is 0 Å². The number of nitrogens with zero attached hydrogens (tertiary/aromatic N) is 6. The fourth-order valence-electron chi connectivity index (χ4n) is 2.87. The second-order valence-corrected chi connectivity index (χ2v) is 7.76. The van der Waals surface area contributed by atoms with Crippen molar-refractivity contribution in [2.45, 2.75) is 19.9 Å². The predicted molar refractivity (Wildman–Crippen MR) is 104 cm³/mol. The van der Waals surface area contributed by atoms with Crippen LogP contribution in [0.2, 0.25) is 0 Å². The van der Waals surface area contributed by atoms with Crippen LogP contribution in [0.3, 0.4) is 0 Å². The number of piperazine rings is 1. The molecule has 2 aromatic heterocycles. The Morgan fingerprint density at radius 1 is 1.39 bits per heavy atom. The Kier molecular flexibility index (Phi) is 6.23. The molecule has 0 spiro atoms. The first-order valence-corrected chi connectivity index (χ1v) is 9.77. The van der Waals surface area contributed by atoms with Crippen LogP contribution in [0.25, 0.3) is 0 Å². The van der Waals surface area contributed by atoms with Gasteiger partial charge in [-0.05, 0) is 13.8 Å². The van der Waals surface area contributed by atoms with Gasteiger partial charge in [-0.15, -0.1) is 0 Å². The fraction of sp³-hybridized carbons (Fsp3) is 0.471. The molecule has 0 bridgehead atoms. The average molecular weight is 403 g/mol. The molecule has 0 unspecified atom stereocenters. The third kappa shape index (κ3) is 5.05. The summed E-state index contributed by atoms with van der Waals surface area (Å²) in [7, 11) is 0. The van der Waals surface area contributed by atoms with Crippen molar-refractivity contribution >= 4 is 34.0 Å². The second kappa shape index (κ2) is 8.81. The van der Waals surface area contributed by atoms with Crippen molar-refractivity contribution < 1.29 is 14.7 Å². The lowest BCUT2D eigenvalue weighted by atomic mass is 10.3. The predicted octanol–water partition coefficient (Wildman–Crippen LogP) is 0.325. The summed E-state index contributed by atoms with van der Waals surface area (Å²) >= 11 is 1.20. The van der Waals surface area contributed by atoms with Crippen LogP contribution in [0.1, 0.15) is 18.7 Å². The maximum absolute atomic E-state index is 11.9. The van der Waals surface area contributed by atoms with Crippen LogP contribution in [0.15, 0.2) is 18.6 Å². The highest BCUT2D eigenvalue weighted by molar-refractivity contribution is 7.16. The molecule has 0 aliphatic carbocycles. The molecule has 1 saturated heterocycles. The van der Waals surface area contributed by atoms with E-state index in [1.807, 2.05) is 19.9 Å². The number of hydrogen-bond donors (Lipinski definition) is 3. The van der Waals surface area contributed by atoms with E-state index in [1.54, 1.807) is 6.07 Å². The Bertz CT molecular complexity index is 870. The minimum atomic E-state index is 0.0364. The van der Waals surface area contributed by atoms with E-state index in [-0.39, 0.29) is 11.9 Å². The molecule has 10 nitrogen and oxygen atoms in total. The maximum Gasteiger partial charge on any atom is 0.271 e. The maximum atomic E-state index is 11.9. The number of rotatable bonds is 6. The van der Waals surface area contributed by atoms with Crippen molar-refractivity contribution in [3.05, 3.63) is 23.5 Å². The van der Waals surface area contributed by atoms with Gasteiger partial charge in [0.1, 0.15) is 10.9 Å². The van der Waals surface area contributed by atoms with Crippen LogP contribution in [0.4, 0.5) is 16.8 Å². The number of nitriles is 1. The molecule has 0 radical (unpaired) electrons. The zero-order chi connectivity index (χ0) is 20.1. The summed E-state index contributed by atoms with van der Waals surface area (Å²) in [5.74, 6) is 1.16. The molecular weight excluding hydrogens is 380 g/mol. The monoisotopic (exact) mass is 403 g/mol. The number of nitrogens with one attached hydrogen (secondary N) is 2. The highest BCUT2D eigenvalue weighted by Gasteiger charge is 2.23. The van der Waals surface area contributed by atoms with Gasteiger partial charge in [0.2, 0.25) is 16.9 Å². The van der Waals surface area contributed by atoms with Crippen LogP contribution in [0.5, 0.6) is 0 Å². The normalized spacial score (nSPS) is 14.7. The molecular formula is C17H23N8O2S+. The van der Waals surface area contributed by atoms with Crippen molar-refractivity contribution in [3.63, 3.8) is 0 Å². The largest absolute Gasteiger partial charge is 0.371 e. The Morgan fingerprint density at radius 3 is 2.79 bits per heavy atom. The minimum absolute atomic E-state index is 0.0364. The zero-order valence-corrected chi connectivity index (χ0v) is 16.6. The lowest BCUT2D eigenvalue weighted by molar-refractivity contribution is -0.895. The van der Waals surface area contributed by atoms with E-state index in [0.717, 1.165) is 36.7 Å². The number of amides is 1. The van der Waals surface area contributed by atoms with Gasteiger partial charge in [0.25, 0.3) is 12.1 Å². The molecule has 1 fully saturated rings. The summed E-state index contributed by atoms with van der Waals surface area (Å²) in [6.45, 7) is 7.25. The quantitative estimate of drug-likeness (QED) is 0.466. The molecule has 2 aromatic rings. The van der Waals surface area contributed by atoms with Crippen LogP contribution < -0.4 is 20.3 Å². The topological polar surface area (TPSA) is 121 Å². The molecule has 0 aromatic carbocycles. The van der Waals surface area contributed by atoms with E-state index in [1.165, 1.54) is 23.9 Å². The first kappa shape index (κ1) is 19.8. The second-order valence-electron chi connectivity index (χ2n) is 6.73. The summed E-state index contributed by atoms with van der Waals surface area (Å²) in [5, 5.41) is 25.3. The average Bonchev–Trinajstić information content (AvgIpc) is 3.11. The van der Waals surface area contributed by atoms with Gasteiger partial charge < -0.3 is 15.4 Å². The molecule has 0 saturated carbocycles.